The SMILES string of the molecule is CNC(C)c1cccn1CCc1nccn1C. The Bertz CT molecular complexity index is 469. The summed E-state index contributed by atoms with van der Waals surface area (Å²) < 4.78 is 4.36. The lowest BCUT2D eigenvalue weighted by molar-refractivity contribution is 0.558. The van der Waals surface area contributed by atoms with Crippen LogP contribution < -0.4 is 5.32 Å². The molecule has 1 unspecified atom stereocenters. The Morgan fingerprint density at radius 2 is 2.24 bits per heavy atom. The molecular formula is C13H20N4. The molecule has 0 aliphatic heterocycles. The molecular weight excluding hydrogens is 212 g/mol. The second kappa shape index (κ2) is 5.19. The minimum absolute atomic E-state index is 0.381. The zero-order valence-corrected chi connectivity index (χ0v) is 10.7. The van der Waals surface area contributed by atoms with E-state index >= 15 is 0 Å². The molecule has 0 aromatic carbocycles. The Hall–Kier alpha value is -1.55. The second-order valence-corrected chi connectivity index (χ2v) is 4.34. The number of imidazole rings is 1. The lowest BCUT2D eigenvalue weighted by Crippen LogP contribution is -2.17. The number of aryl methyl sites for hydroxylation is 3. The third-order valence-electron chi connectivity index (χ3n) is 3.24. The molecule has 4 nitrogen and oxygen atoms in total. The Morgan fingerprint density at radius 1 is 1.41 bits per heavy atom. The summed E-state index contributed by atoms with van der Waals surface area (Å²) in [5.41, 5.74) is 1.32. The quantitative estimate of drug-likeness (QED) is 0.852. The third kappa shape index (κ3) is 2.58. The van der Waals surface area contributed by atoms with E-state index in [0.29, 0.717) is 6.04 Å². The lowest BCUT2D eigenvalue weighted by atomic mass is 10.2. The number of aromatic nitrogens is 3. The van der Waals surface area contributed by atoms with Gasteiger partial charge in [-0.05, 0) is 26.1 Å². The summed E-state index contributed by atoms with van der Waals surface area (Å²) in [6.45, 7) is 3.14. The zero-order chi connectivity index (χ0) is 12.3. The maximum atomic E-state index is 4.34. The van der Waals surface area contributed by atoms with Gasteiger partial charge in [0.2, 0.25) is 0 Å². The zero-order valence-electron chi connectivity index (χ0n) is 10.7. The van der Waals surface area contributed by atoms with E-state index in [4.69, 9.17) is 0 Å². The van der Waals surface area contributed by atoms with Crippen LogP contribution in [0, 0.1) is 0 Å². The van der Waals surface area contributed by atoms with Gasteiger partial charge in [-0.3, -0.25) is 0 Å². The van der Waals surface area contributed by atoms with E-state index < -0.39 is 0 Å². The molecule has 0 spiro atoms. The van der Waals surface area contributed by atoms with Crippen molar-refractivity contribution in [2.75, 3.05) is 7.05 Å². The van der Waals surface area contributed by atoms with Crippen molar-refractivity contribution < 1.29 is 0 Å². The molecule has 0 amide bonds. The van der Waals surface area contributed by atoms with Crippen molar-refractivity contribution in [2.24, 2.45) is 7.05 Å². The van der Waals surface area contributed by atoms with Gasteiger partial charge in [0, 0.05) is 50.3 Å². The number of nitrogens with zero attached hydrogens (tertiary/aromatic N) is 3. The molecule has 1 atom stereocenters. The molecule has 0 aliphatic carbocycles. The molecule has 0 saturated heterocycles. The van der Waals surface area contributed by atoms with Crippen LogP contribution in [-0.2, 0) is 20.0 Å². The first-order valence-electron chi connectivity index (χ1n) is 6.01. The second-order valence-electron chi connectivity index (χ2n) is 4.34. The van der Waals surface area contributed by atoms with Gasteiger partial charge in [0.1, 0.15) is 5.82 Å². The van der Waals surface area contributed by atoms with Gasteiger partial charge in [0.05, 0.1) is 0 Å². The highest BCUT2D eigenvalue weighted by atomic mass is 15.1. The highest BCUT2D eigenvalue weighted by molar-refractivity contribution is 5.11. The molecule has 4 heteroatoms. The average molecular weight is 232 g/mol. The van der Waals surface area contributed by atoms with E-state index in [2.05, 4.69) is 44.7 Å². The predicted octanol–water partition coefficient (Wildman–Crippen LogP) is 1.74. The first kappa shape index (κ1) is 11.9. The standard InChI is InChI=1S/C13H20N4/c1-11(14-2)12-5-4-8-17(12)9-6-13-15-7-10-16(13)3/h4-5,7-8,10-11,14H,6,9H2,1-3H3. The molecule has 0 aliphatic rings. The van der Waals surface area contributed by atoms with Gasteiger partial charge in [-0.15, -0.1) is 0 Å². The highest BCUT2D eigenvalue weighted by Crippen LogP contribution is 2.13. The van der Waals surface area contributed by atoms with E-state index in [1.165, 1.54) is 5.69 Å². The summed E-state index contributed by atoms with van der Waals surface area (Å²) in [4.78, 5) is 4.34. The van der Waals surface area contributed by atoms with E-state index in [-0.39, 0.29) is 0 Å². The fourth-order valence-corrected chi connectivity index (χ4v) is 2.03. The van der Waals surface area contributed by atoms with Gasteiger partial charge < -0.3 is 14.5 Å². The fraction of sp³-hybridized carbons (Fsp3) is 0.462. The first-order valence-corrected chi connectivity index (χ1v) is 6.01. The topological polar surface area (TPSA) is 34.8 Å². The molecule has 2 aromatic rings. The van der Waals surface area contributed by atoms with Crippen molar-refractivity contribution in [1.29, 1.82) is 0 Å². The van der Waals surface area contributed by atoms with E-state index in [1.54, 1.807) is 0 Å². The summed E-state index contributed by atoms with van der Waals surface area (Å²) in [7, 11) is 4.02. The molecule has 2 rings (SSSR count). The molecule has 0 radical (unpaired) electrons. The van der Waals surface area contributed by atoms with Crippen LogP contribution in [0.1, 0.15) is 24.5 Å². The number of hydrogen-bond acceptors (Lipinski definition) is 2. The summed E-state index contributed by atoms with van der Waals surface area (Å²) in [5.74, 6) is 1.13. The Morgan fingerprint density at radius 3 is 2.88 bits per heavy atom. The van der Waals surface area contributed by atoms with Gasteiger partial charge in [-0.25, -0.2) is 4.98 Å². The molecule has 0 saturated carbocycles. The summed E-state index contributed by atoms with van der Waals surface area (Å²) in [5, 5.41) is 3.27. The lowest BCUT2D eigenvalue weighted by Gasteiger charge is -2.14. The van der Waals surface area contributed by atoms with Crippen LogP contribution in [0.15, 0.2) is 30.7 Å². The largest absolute Gasteiger partial charge is 0.350 e. The molecule has 2 heterocycles. The third-order valence-corrected chi connectivity index (χ3v) is 3.24. The van der Waals surface area contributed by atoms with Crippen LogP contribution in [0.2, 0.25) is 0 Å². The summed E-state index contributed by atoms with van der Waals surface area (Å²) in [6, 6.07) is 4.65. The van der Waals surface area contributed by atoms with Crippen LogP contribution in [0.4, 0.5) is 0 Å². The van der Waals surface area contributed by atoms with E-state index in [1.807, 2.05) is 26.5 Å². The molecule has 0 bridgehead atoms. The fourth-order valence-electron chi connectivity index (χ4n) is 2.03. The number of nitrogens with one attached hydrogen (secondary N) is 1. The van der Waals surface area contributed by atoms with Crippen LogP contribution in [0.5, 0.6) is 0 Å². The number of hydrogen-bond donors (Lipinski definition) is 1. The minimum Gasteiger partial charge on any atom is -0.350 e. The molecule has 17 heavy (non-hydrogen) atoms. The maximum absolute atomic E-state index is 4.34. The van der Waals surface area contributed by atoms with Crippen molar-refractivity contribution >= 4 is 0 Å². The van der Waals surface area contributed by atoms with Crippen molar-refractivity contribution in [3.8, 4) is 0 Å². The van der Waals surface area contributed by atoms with E-state index in [0.717, 1.165) is 18.8 Å². The van der Waals surface area contributed by atoms with Gasteiger partial charge in [-0.1, -0.05) is 0 Å². The van der Waals surface area contributed by atoms with Crippen molar-refractivity contribution in [1.82, 2.24) is 19.4 Å². The van der Waals surface area contributed by atoms with Crippen LogP contribution in [0.25, 0.3) is 0 Å². The average Bonchev–Trinajstić information content (AvgIpc) is 2.94. The predicted molar refractivity (Wildman–Crippen MR) is 68.8 cm³/mol. The Balaban J connectivity index is 2.04. The molecule has 92 valence electrons. The van der Waals surface area contributed by atoms with Gasteiger partial charge in [0.15, 0.2) is 0 Å². The minimum atomic E-state index is 0.381. The molecule has 2 aromatic heterocycles. The molecule has 0 fully saturated rings. The van der Waals surface area contributed by atoms with Gasteiger partial charge in [0.25, 0.3) is 0 Å². The van der Waals surface area contributed by atoms with Crippen LogP contribution in [-0.4, -0.2) is 21.2 Å². The van der Waals surface area contributed by atoms with Crippen molar-refractivity contribution in [2.45, 2.75) is 25.9 Å². The number of rotatable bonds is 5. The summed E-state index contributed by atoms with van der Waals surface area (Å²) in [6.07, 6.45) is 6.93. The monoisotopic (exact) mass is 232 g/mol. The van der Waals surface area contributed by atoms with E-state index in [9.17, 15) is 0 Å². The van der Waals surface area contributed by atoms with Gasteiger partial charge >= 0.3 is 0 Å². The first-order chi connectivity index (χ1) is 8.22. The van der Waals surface area contributed by atoms with Crippen molar-refractivity contribution in [3.63, 3.8) is 0 Å². The summed E-state index contributed by atoms with van der Waals surface area (Å²) >= 11 is 0. The Labute approximate surface area is 102 Å². The Kier molecular flexibility index (Phi) is 3.64. The van der Waals surface area contributed by atoms with Crippen molar-refractivity contribution in [3.05, 3.63) is 42.2 Å². The van der Waals surface area contributed by atoms with Crippen LogP contribution in [0.3, 0.4) is 0 Å². The van der Waals surface area contributed by atoms with Gasteiger partial charge in [-0.2, -0.15) is 0 Å². The highest BCUT2D eigenvalue weighted by Gasteiger charge is 2.08. The molecule has 1 N–H and O–H groups in total. The van der Waals surface area contributed by atoms with Crippen LogP contribution >= 0.6 is 0 Å². The maximum Gasteiger partial charge on any atom is 0.110 e. The normalized spacial score (nSPS) is 12.9. The smallest absolute Gasteiger partial charge is 0.110 e.